The van der Waals surface area contributed by atoms with Crippen molar-refractivity contribution in [1.82, 2.24) is 4.90 Å². The van der Waals surface area contributed by atoms with Gasteiger partial charge in [-0.1, -0.05) is 24.3 Å². The molecule has 1 aliphatic rings. The standard InChI is InChI=1S/C20H23FN2O3/c1-2-25-18-6-4-3-5-17(18)22-20(24)14-23-11-12-26-19(13-23)15-7-9-16(21)10-8-15/h3-10,19H,2,11-14H2,1H3,(H,22,24). The van der Waals surface area contributed by atoms with E-state index in [9.17, 15) is 9.18 Å². The largest absolute Gasteiger partial charge is 0.492 e. The van der Waals surface area contributed by atoms with Gasteiger partial charge in [-0.15, -0.1) is 0 Å². The average molecular weight is 358 g/mol. The van der Waals surface area contributed by atoms with Gasteiger partial charge in [0.25, 0.3) is 0 Å². The number of benzene rings is 2. The number of anilines is 1. The van der Waals surface area contributed by atoms with E-state index in [1.54, 1.807) is 12.1 Å². The van der Waals surface area contributed by atoms with E-state index < -0.39 is 0 Å². The summed E-state index contributed by atoms with van der Waals surface area (Å²) in [5, 5.41) is 2.91. The minimum atomic E-state index is -0.270. The summed E-state index contributed by atoms with van der Waals surface area (Å²) in [6, 6.07) is 13.7. The van der Waals surface area contributed by atoms with Crippen LogP contribution in [0.3, 0.4) is 0 Å². The predicted octanol–water partition coefficient (Wildman–Crippen LogP) is 3.24. The molecule has 3 rings (SSSR count). The Labute approximate surface area is 152 Å². The molecule has 0 aromatic heterocycles. The third-order valence-corrected chi connectivity index (χ3v) is 4.22. The first kappa shape index (κ1) is 18.4. The number of rotatable bonds is 6. The molecule has 2 aromatic carbocycles. The molecule has 1 N–H and O–H groups in total. The first-order valence-electron chi connectivity index (χ1n) is 8.77. The molecule has 0 spiro atoms. The zero-order valence-corrected chi connectivity index (χ0v) is 14.8. The lowest BCUT2D eigenvalue weighted by Crippen LogP contribution is -2.42. The van der Waals surface area contributed by atoms with Crippen LogP contribution < -0.4 is 10.1 Å². The smallest absolute Gasteiger partial charge is 0.238 e. The Morgan fingerprint density at radius 1 is 1.27 bits per heavy atom. The number of carbonyl (C=O) groups is 1. The Morgan fingerprint density at radius 3 is 2.81 bits per heavy atom. The van der Waals surface area contributed by atoms with Gasteiger partial charge in [-0.3, -0.25) is 9.69 Å². The fraction of sp³-hybridized carbons (Fsp3) is 0.350. The Balaban J connectivity index is 1.58. The summed E-state index contributed by atoms with van der Waals surface area (Å²) in [7, 11) is 0. The summed E-state index contributed by atoms with van der Waals surface area (Å²) in [6.07, 6.45) is -0.159. The van der Waals surface area contributed by atoms with Crippen molar-refractivity contribution in [3.63, 3.8) is 0 Å². The maximum atomic E-state index is 13.1. The lowest BCUT2D eigenvalue weighted by atomic mass is 10.1. The minimum Gasteiger partial charge on any atom is -0.492 e. The average Bonchev–Trinajstić information content (AvgIpc) is 2.64. The van der Waals surface area contributed by atoms with Crippen molar-refractivity contribution < 1.29 is 18.7 Å². The van der Waals surface area contributed by atoms with Crippen LogP contribution in [0.1, 0.15) is 18.6 Å². The molecule has 2 aromatic rings. The Kier molecular flexibility index (Phi) is 6.20. The molecule has 0 aliphatic carbocycles. The lowest BCUT2D eigenvalue weighted by Gasteiger charge is -2.32. The number of nitrogens with zero attached hydrogens (tertiary/aromatic N) is 1. The number of hydrogen-bond acceptors (Lipinski definition) is 4. The van der Waals surface area contributed by atoms with Gasteiger partial charge in [-0.25, -0.2) is 4.39 Å². The molecule has 1 unspecified atom stereocenters. The summed E-state index contributed by atoms with van der Waals surface area (Å²) in [5.41, 5.74) is 1.58. The Hall–Kier alpha value is -2.44. The number of para-hydroxylation sites is 2. The van der Waals surface area contributed by atoms with Crippen LogP contribution in [-0.2, 0) is 9.53 Å². The van der Waals surface area contributed by atoms with Crippen LogP contribution in [-0.4, -0.2) is 43.7 Å². The third kappa shape index (κ3) is 4.80. The highest BCUT2D eigenvalue weighted by atomic mass is 19.1. The van der Waals surface area contributed by atoms with Gasteiger partial charge < -0.3 is 14.8 Å². The molecule has 1 saturated heterocycles. The molecule has 5 nitrogen and oxygen atoms in total. The highest BCUT2D eigenvalue weighted by Crippen LogP contribution is 2.25. The first-order chi connectivity index (χ1) is 12.7. The molecule has 0 bridgehead atoms. The normalized spacial score (nSPS) is 17.7. The molecule has 1 fully saturated rings. The van der Waals surface area contributed by atoms with Crippen molar-refractivity contribution in [3.8, 4) is 5.75 Å². The summed E-state index contributed by atoms with van der Waals surface area (Å²) >= 11 is 0. The summed E-state index contributed by atoms with van der Waals surface area (Å²) in [6.45, 7) is 4.51. The van der Waals surface area contributed by atoms with Crippen LogP contribution in [0.5, 0.6) is 5.75 Å². The van der Waals surface area contributed by atoms with Gasteiger partial charge >= 0.3 is 0 Å². The second-order valence-corrected chi connectivity index (χ2v) is 6.12. The number of ether oxygens (including phenoxy) is 2. The van der Waals surface area contributed by atoms with Gasteiger partial charge in [0.15, 0.2) is 0 Å². The van der Waals surface area contributed by atoms with Crippen LogP contribution in [0, 0.1) is 5.82 Å². The van der Waals surface area contributed by atoms with Gasteiger partial charge in [0.1, 0.15) is 11.6 Å². The molecule has 138 valence electrons. The second kappa shape index (κ2) is 8.78. The van der Waals surface area contributed by atoms with Crippen LogP contribution in [0.2, 0.25) is 0 Å². The van der Waals surface area contributed by atoms with Crippen LogP contribution >= 0.6 is 0 Å². The van der Waals surface area contributed by atoms with Crippen molar-refractivity contribution in [2.45, 2.75) is 13.0 Å². The minimum absolute atomic E-state index is 0.100. The number of amides is 1. The molecule has 1 amide bonds. The van der Waals surface area contributed by atoms with Crippen LogP contribution in [0.15, 0.2) is 48.5 Å². The zero-order chi connectivity index (χ0) is 18.4. The molecule has 1 atom stereocenters. The first-order valence-corrected chi connectivity index (χ1v) is 8.77. The molecule has 0 radical (unpaired) electrons. The van der Waals surface area contributed by atoms with Crippen molar-refractivity contribution in [2.24, 2.45) is 0 Å². The van der Waals surface area contributed by atoms with Gasteiger partial charge in [0.05, 0.1) is 31.5 Å². The number of morpholine rings is 1. The fourth-order valence-corrected chi connectivity index (χ4v) is 2.97. The van der Waals surface area contributed by atoms with Gasteiger partial charge in [0.2, 0.25) is 5.91 Å². The molecular weight excluding hydrogens is 335 g/mol. The number of hydrogen-bond donors (Lipinski definition) is 1. The van der Waals surface area contributed by atoms with E-state index in [1.807, 2.05) is 36.1 Å². The van der Waals surface area contributed by atoms with Gasteiger partial charge in [-0.2, -0.15) is 0 Å². The van der Waals surface area contributed by atoms with E-state index in [0.717, 1.165) is 5.56 Å². The van der Waals surface area contributed by atoms with Crippen molar-refractivity contribution in [3.05, 3.63) is 59.9 Å². The summed E-state index contributed by atoms with van der Waals surface area (Å²) in [5.74, 6) is 0.292. The van der Waals surface area contributed by atoms with Gasteiger partial charge in [-0.05, 0) is 36.8 Å². The van der Waals surface area contributed by atoms with Crippen LogP contribution in [0.4, 0.5) is 10.1 Å². The van der Waals surface area contributed by atoms with E-state index in [4.69, 9.17) is 9.47 Å². The van der Waals surface area contributed by atoms with Crippen molar-refractivity contribution in [1.29, 1.82) is 0 Å². The van der Waals surface area contributed by atoms with Crippen LogP contribution in [0.25, 0.3) is 0 Å². The highest BCUT2D eigenvalue weighted by Gasteiger charge is 2.23. The summed E-state index contributed by atoms with van der Waals surface area (Å²) < 4.78 is 24.4. The molecule has 6 heteroatoms. The van der Waals surface area contributed by atoms with Crippen molar-refractivity contribution in [2.75, 3.05) is 38.2 Å². The van der Waals surface area contributed by atoms with E-state index >= 15 is 0 Å². The summed E-state index contributed by atoms with van der Waals surface area (Å²) in [4.78, 5) is 14.5. The molecular formula is C20H23FN2O3. The van der Waals surface area contributed by atoms with E-state index in [2.05, 4.69) is 5.32 Å². The zero-order valence-electron chi connectivity index (χ0n) is 14.8. The van der Waals surface area contributed by atoms with Crippen molar-refractivity contribution >= 4 is 11.6 Å². The topological polar surface area (TPSA) is 50.8 Å². The quantitative estimate of drug-likeness (QED) is 0.861. The highest BCUT2D eigenvalue weighted by molar-refractivity contribution is 5.93. The number of halogens is 1. The van der Waals surface area contributed by atoms with Gasteiger partial charge in [0, 0.05) is 13.1 Å². The van der Waals surface area contributed by atoms with E-state index in [1.165, 1.54) is 12.1 Å². The maximum Gasteiger partial charge on any atom is 0.238 e. The number of nitrogens with one attached hydrogen (secondary N) is 1. The van der Waals surface area contributed by atoms with E-state index in [-0.39, 0.29) is 24.4 Å². The molecule has 26 heavy (non-hydrogen) atoms. The third-order valence-electron chi connectivity index (χ3n) is 4.22. The fourth-order valence-electron chi connectivity index (χ4n) is 2.97. The SMILES string of the molecule is CCOc1ccccc1NC(=O)CN1CCOC(c2ccc(F)cc2)C1. The second-order valence-electron chi connectivity index (χ2n) is 6.12. The Morgan fingerprint density at radius 2 is 2.04 bits per heavy atom. The van der Waals surface area contributed by atoms with E-state index in [0.29, 0.717) is 37.7 Å². The molecule has 0 saturated carbocycles. The predicted molar refractivity (Wildman–Crippen MR) is 97.8 cm³/mol. The monoisotopic (exact) mass is 358 g/mol. The molecule has 1 heterocycles. The molecule has 1 aliphatic heterocycles. The Bertz CT molecular complexity index is 736. The lowest BCUT2D eigenvalue weighted by molar-refractivity contribution is -0.119. The number of carbonyl (C=O) groups excluding carboxylic acids is 1. The maximum absolute atomic E-state index is 13.1.